The third-order valence-corrected chi connectivity index (χ3v) is 5.88. The van der Waals surface area contributed by atoms with Crippen molar-refractivity contribution in [3.63, 3.8) is 0 Å². The molecule has 0 saturated carbocycles. The summed E-state index contributed by atoms with van der Waals surface area (Å²) >= 11 is 0. The fourth-order valence-corrected chi connectivity index (χ4v) is 4.12. The highest BCUT2D eigenvalue weighted by molar-refractivity contribution is 5.82. The number of ether oxygens (including phenoxy) is 1. The van der Waals surface area contributed by atoms with Crippen molar-refractivity contribution >= 4 is 11.9 Å². The van der Waals surface area contributed by atoms with Gasteiger partial charge in [0.1, 0.15) is 12.4 Å². The summed E-state index contributed by atoms with van der Waals surface area (Å²) in [5.41, 5.74) is 1.19. The van der Waals surface area contributed by atoms with E-state index in [0.29, 0.717) is 13.2 Å². The molecule has 0 bridgehead atoms. The van der Waals surface area contributed by atoms with Crippen molar-refractivity contribution in [2.45, 2.75) is 39.7 Å². The second-order valence-corrected chi connectivity index (χ2v) is 8.13. The summed E-state index contributed by atoms with van der Waals surface area (Å²) in [6, 6.07) is 8.05. The van der Waals surface area contributed by atoms with Crippen LogP contribution in [0.15, 0.2) is 29.3 Å². The third-order valence-electron chi connectivity index (χ3n) is 5.88. The van der Waals surface area contributed by atoms with E-state index in [0.717, 1.165) is 70.4 Å². The van der Waals surface area contributed by atoms with Gasteiger partial charge in [0.25, 0.3) is 0 Å². The number of rotatable bonds is 7. The average Bonchev–Trinajstić information content (AvgIpc) is 3.30. The Kier molecular flexibility index (Phi) is 8.37. The van der Waals surface area contributed by atoms with Gasteiger partial charge in [-0.2, -0.15) is 0 Å². The molecule has 0 aromatic heterocycles. The lowest BCUT2D eigenvalue weighted by Gasteiger charge is -2.39. The molecule has 0 aliphatic carbocycles. The number of nitrogens with zero attached hydrogens (tertiary/aromatic N) is 4. The number of hydrogen-bond acceptors (Lipinski definition) is 4. The number of carbonyl (C=O) groups excluding carboxylic acids is 1. The SMILES string of the molecule is CCNC(=NCCOc1cccc(C)c1)N1CCN(C(C)C(=O)N2CCCC2)CC1. The molecule has 1 amide bonds. The van der Waals surface area contributed by atoms with Crippen LogP contribution in [0.3, 0.4) is 0 Å². The van der Waals surface area contributed by atoms with Crippen molar-refractivity contribution in [3.05, 3.63) is 29.8 Å². The van der Waals surface area contributed by atoms with Gasteiger partial charge in [-0.05, 0) is 51.3 Å². The summed E-state index contributed by atoms with van der Waals surface area (Å²) in [5, 5.41) is 3.40. The molecule has 1 unspecified atom stereocenters. The number of guanidine groups is 1. The Balaban J connectivity index is 1.47. The number of nitrogens with one attached hydrogen (secondary N) is 1. The summed E-state index contributed by atoms with van der Waals surface area (Å²) < 4.78 is 5.82. The van der Waals surface area contributed by atoms with E-state index in [9.17, 15) is 4.79 Å². The van der Waals surface area contributed by atoms with E-state index < -0.39 is 0 Å². The van der Waals surface area contributed by atoms with Crippen LogP contribution in [-0.2, 0) is 4.79 Å². The van der Waals surface area contributed by atoms with Crippen LogP contribution in [0.5, 0.6) is 5.75 Å². The minimum absolute atomic E-state index is 0.0347. The molecule has 0 spiro atoms. The average molecular weight is 416 g/mol. The van der Waals surface area contributed by atoms with Gasteiger partial charge in [-0.15, -0.1) is 0 Å². The Morgan fingerprint density at radius 1 is 1.13 bits per heavy atom. The molecule has 7 heteroatoms. The first-order chi connectivity index (χ1) is 14.6. The molecular weight excluding hydrogens is 378 g/mol. The van der Waals surface area contributed by atoms with E-state index in [-0.39, 0.29) is 11.9 Å². The molecule has 0 radical (unpaired) electrons. The number of hydrogen-bond donors (Lipinski definition) is 1. The van der Waals surface area contributed by atoms with Crippen LogP contribution < -0.4 is 10.1 Å². The molecule has 7 nitrogen and oxygen atoms in total. The lowest BCUT2D eigenvalue weighted by molar-refractivity contribution is -0.135. The molecule has 30 heavy (non-hydrogen) atoms. The molecule has 2 heterocycles. The van der Waals surface area contributed by atoms with E-state index in [4.69, 9.17) is 9.73 Å². The Labute approximate surface area is 181 Å². The van der Waals surface area contributed by atoms with Gasteiger partial charge in [-0.25, -0.2) is 4.99 Å². The fourth-order valence-electron chi connectivity index (χ4n) is 4.12. The van der Waals surface area contributed by atoms with Crippen LogP contribution in [0.25, 0.3) is 0 Å². The maximum Gasteiger partial charge on any atom is 0.239 e. The van der Waals surface area contributed by atoms with Crippen LogP contribution in [0.1, 0.15) is 32.3 Å². The molecule has 1 atom stereocenters. The van der Waals surface area contributed by atoms with Gasteiger partial charge >= 0.3 is 0 Å². The smallest absolute Gasteiger partial charge is 0.239 e. The van der Waals surface area contributed by atoms with Crippen molar-refractivity contribution in [2.75, 3.05) is 59.0 Å². The maximum absolute atomic E-state index is 12.7. The van der Waals surface area contributed by atoms with Crippen molar-refractivity contribution in [1.82, 2.24) is 20.0 Å². The Hall–Kier alpha value is -2.28. The lowest BCUT2D eigenvalue weighted by Crippen LogP contribution is -2.57. The van der Waals surface area contributed by atoms with Crippen molar-refractivity contribution in [2.24, 2.45) is 4.99 Å². The van der Waals surface area contributed by atoms with Crippen molar-refractivity contribution in [1.29, 1.82) is 0 Å². The zero-order valence-electron chi connectivity index (χ0n) is 18.8. The van der Waals surface area contributed by atoms with Crippen LogP contribution >= 0.6 is 0 Å². The van der Waals surface area contributed by atoms with Crippen LogP contribution in [0, 0.1) is 6.92 Å². The standard InChI is InChI=1S/C23H37N5O2/c1-4-24-23(25-10-17-30-21-9-7-8-19(2)18-21)28-15-13-26(14-16-28)20(3)22(29)27-11-5-6-12-27/h7-9,18,20H,4-6,10-17H2,1-3H3,(H,24,25). The van der Waals surface area contributed by atoms with E-state index >= 15 is 0 Å². The molecule has 3 rings (SSSR count). The van der Waals surface area contributed by atoms with Gasteiger partial charge in [-0.1, -0.05) is 12.1 Å². The predicted molar refractivity (Wildman–Crippen MR) is 121 cm³/mol. The van der Waals surface area contributed by atoms with Gasteiger partial charge in [-0.3, -0.25) is 9.69 Å². The summed E-state index contributed by atoms with van der Waals surface area (Å²) in [6.07, 6.45) is 2.28. The van der Waals surface area contributed by atoms with E-state index in [1.165, 1.54) is 5.56 Å². The minimum atomic E-state index is -0.0347. The highest BCUT2D eigenvalue weighted by atomic mass is 16.5. The number of aryl methyl sites for hydroxylation is 1. The van der Waals surface area contributed by atoms with E-state index in [1.807, 2.05) is 23.1 Å². The second kappa shape index (κ2) is 11.2. The Morgan fingerprint density at radius 2 is 1.87 bits per heavy atom. The largest absolute Gasteiger partial charge is 0.492 e. The highest BCUT2D eigenvalue weighted by Gasteiger charge is 2.30. The molecule has 2 aliphatic heterocycles. The fraction of sp³-hybridized carbons (Fsp3) is 0.652. The Morgan fingerprint density at radius 3 is 2.53 bits per heavy atom. The monoisotopic (exact) mass is 415 g/mol. The Bertz CT molecular complexity index is 709. The summed E-state index contributed by atoms with van der Waals surface area (Å²) in [7, 11) is 0. The number of likely N-dealkylation sites (tertiary alicyclic amines) is 1. The van der Waals surface area contributed by atoms with Crippen LogP contribution in [-0.4, -0.2) is 91.6 Å². The lowest BCUT2D eigenvalue weighted by atomic mass is 10.2. The number of carbonyl (C=O) groups is 1. The zero-order chi connectivity index (χ0) is 21.3. The minimum Gasteiger partial charge on any atom is -0.492 e. The molecule has 1 aromatic rings. The first-order valence-electron chi connectivity index (χ1n) is 11.3. The molecular formula is C23H37N5O2. The first-order valence-corrected chi connectivity index (χ1v) is 11.3. The van der Waals surface area contributed by atoms with Gasteiger partial charge in [0, 0.05) is 45.8 Å². The van der Waals surface area contributed by atoms with Crippen molar-refractivity contribution < 1.29 is 9.53 Å². The molecule has 2 aliphatic rings. The van der Waals surface area contributed by atoms with Crippen LogP contribution in [0.2, 0.25) is 0 Å². The predicted octanol–water partition coefficient (Wildman–Crippen LogP) is 1.97. The number of aliphatic imine (C=N–C) groups is 1. The first kappa shape index (κ1) is 22.4. The molecule has 1 aromatic carbocycles. The van der Waals surface area contributed by atoms with E-state index in [1.54, 1.807) is 0 Å². The van der Waals surface area contributed by atoms with E-state index in [2.05, 4.69) is 42.0 Å². The van der Waals surface area contributed by atoms with Gasteiger partial charge < -0.3 is 19.9 Å². The normalized spacial score (nSPS) is 19.1. The topological polar surface area (TPSA) is 60.4 Å². The number of benzene rings is 1. The number of piperazine rings is 1. The summed E-state index contributed by atoms with van der Waals surface area (Å²) in [4.78, 5) is 24.1. The quantitative estimate of drug-likeness (QED) is 0.419. The number of amides is 1. The molecule has 2 saturated heterocycles. The second-order valence-electron chi connectivity index (χ2n) is 8.13. The molecule has 1 N–H and O–H groups in total. The van der Waals surface area contributed by atoms with Crippen LogP contribution in [0.4, 0.5) is 0 Å². The highest BCUT2D eigenvalue weighted by Crippen LogP contribution is 2.14. The van der Waals surface area contributed by atoms with Crippen molar-refractivity contribution in [3.8, 4) is 5.75 Å². The summed E-state index contributed by atoms with van der Waals surface area (Å²) in [6.45, 7) is 13.6. The van der Waals surface area contributed by atoms with Gasteiger partial charge in [0.15, 0.2) is 5.96 Å². The maximum atomic E-state index is 12.7. The third kappa shape index (κ3) is 6.11. The van der Waals surface area contributed by atoms with Gasteiger partial charge in [0.2, 0.25) is 5.91 Å². The molecule has 2 fully saturated rings. The summed E-state index contributed by atoms with van der Waals surface area (Å²) in [5.74, 6) is 2.11. The molecule has 166 valence electrons. The van der Waals surface area contributed by atoms with Gasteiger partial charge in [0.05, 0.1) is 12.6 Å². The zero-order valence-corrected chi connectivity index (χ0v) is 18.8.